The van der Waals surface area contributed by atoms with Gasteiger partial charge in [-0.25, -0.2) is 4.98 Å². The van der Waals surface area contributed by atoms with E-state index in [9.17, 15) is 0 Å². The van der Waals surface area contributed by atoms with Gasteiger partial charge >= 0.3 is 0 Å². The van der Waals surface area contributed by atoms with Gasteiger partial charge in [-0.15, -0.1) is 0 Å². The summed E-state index contributed by atoms with van der Waals surface area (Å²) < 4.78 is 7.73. The zero-order chi connectivity index (χ0) is 11.3. The molecule has 1 aromatic heterocycles. The number of aromatic nitrogens is 2. The van der Waals surface area contributed by atoms with Gasteiger partial charge in [0.2, 0.25) is 0 Å². The molecule has 16 heavy (non-hydrogen) atoms. The molecule has 1 heterocycles. The standard InChI is InChI=1S/C12H21N3O/c13-12(4-1-2-5-12)10-16-9-3-7-15-8-6-14-11-15/h6,8,11H,1-5,7,9-10,13H2. The Balaban J connectivity index is 1.55. The van der Waals surface area contributed by atoms with Gasteiger partial charge in [-0.2, -0.15) is 0 Å². The Labute approximate surface area is 96.8 Å². The molecule has 0 atom stereocenters. The lowest BCUT2D eigenvalue weighted by Gasteiger charge is -2.23. The average Bonchev–Trinajstić information content (AvgIpc) is 2.89. The van der Waals surface area contributed by atoms with Crippen LogP contribution in [0.1, 0.15) is 32.1 Å². The first-order valence-corrected chi connectivity index (χ1v) is 6.11. The molecule has 0 aromatic carbocycles. The molecule has 0 spiro atoms. The van der Waals surface area contributed by atoms with E-state index in [2.05, 4.69) is 9.55 Å². The van der Waals surface area contributed by atoms with E-state index < -0.39 is 0 Å². The molecule has 1 aliphatic rings. The molecule has 0 bridgehead atoms. The molecule has 0 saturated heterocycles. The van der Waals surface area contributed by atoms with Gasteiger partial charge in [0.1, 0.15) is 0 Å². The third-order valence-electron chi connectivity index (χ3n) is 3.25. The summed E-state index contributed by atoms with van der Waals surface area (Å²) in [5.41, 5.74) is 6.16. The van der Waals surface area contributed by atoms with Gasteiger partial charge in [0, 0.05) is 31.1 Å². The molecule has 2 N–H and O–H groups in total. The summed E-state index contributed by atoms with van der Waals surface area (Å²) in [5.74, 6) is 0. The average molecular weight is 223 g/mol. The minimum Gasteiger partial charge on any atom is -0.379 e. The Morgan fingerprint density at radius 1 is 1.38 bits per heavy atom. The number of nitrogens with zero attached hydrogens (tertiary/aromatic N) is 2. The monoisotopic (exact) mass is 223 g/mol. The highest BCUT2D eigenvalue weighted by atomic mass is 16.5. The van der Waals surface area contributed by atoms with E-state index in [4.69, 9.17) is 10.5 Å². The van der Waals surface area contributed by atoms with Crippen molar-refractivity contribution in [3.8, 4) is 0 Å². The predicted molar refractivity (Wildman–Crippen MR) is 63.0 cm³/mol. The molecule has 90 valence electrons. The van der Waals surface area contributed by atoms with Crippen LogP contribution in [0.2, 0.25) is 0 Å². The number of hydrogen-bond donors (Lipinski definition) is 1. The van der Waals surface area contributed by atoms with E-state index in [1.165, 1.54) is 12.8 Å². The van der Waals surface area contributed by atoms with Gasteiger partial charge in [-0.3, -0.25) is 0 Å². The molecule has 4 heteroatoms. The molecule has 4 nitrogen and oxygen atoms in total. The Bertz CT molecular complexity index is 291. The van der Waals surface area contributed by atoms with Gasteiger partial charge in [0.25, 0.3) is 0 Å². The van der Waals surface area contributed by atoms with Crippen molar-refractivity contribution in [2.75, 3.05) is 13.2 Å². The predicted octanol–water partition coefficient (Wildman–Crippen LogP) is 1.56. The van der Waals surface area contributed by atoms with Crippen molar-refractivity contribution in [2.45, 2.75) is 44.2 Å². The molecule has 0 radical (unpaired) electrons. The molecular weight excluding hydrogens is 202 g/mol. The Hall–Kier alpha value is -0.870. The van der Waals surface area contributed by atoms with E-state index in [-0.39, 0.29) is 5.54 Å². The molecule has 2 rings (SSSR count). The van der Waals surface area contributed by atoms with Crippen LogP contribution in [0.5, 0.6) is 0 Å². The van der Waals surface area contributed by atoms with Gasteiger partial charge in [-0.05, 0) is 19.3 Å². The first-order chi connectivity index (χ1) is 7.79. The summed E-state index contributed by atoms with van der Waals surface area (Å²) in [6.07, 6.45) is 11.4. The van der Waals surface area contributed by atoms with Crippen molar-refractivity contribution in [3.63, 3.8) is 0 Å². The maximum absolute atomic E-state index is 6.20. The fourth-order valence-electron chi connectivity index (χ4n) is 2.27. The van der Waals surface area contributed by atoms with Crippen molar-refractivity contribution in [2.24, 2.45) is 5.73 Å². The Kier molecular flexibility index (Phi) is 3.96. The fraction of sp³-hybridized carbons (Fsp3) is 0.750. The minimum atomic E-state index is -0.0327. The number of hydrogen-bond acceptors (Lipinski definition) is 3. The fourth-order valence-corrected chi connectivity index (χ4v) is 2.27. The zero-order valence-electron chi connectivity index (χ0n) is 9.77. The van der Waals surface area contributed by atoms with E-state index in [1.54, 1.807) is 6.20 Å². The smallest absolute Gasteiger partial charge is 0.0945 e. The van der Waals surface area contributed by atoms with Crippen LogP contribution in [0, 0.1) is 0 Å². The Morgan fingerprint density at radius 2 is 2.19 bits per heavy atom. The minimum absolute atomic E-state index is 0.0327. The van der Waals surface area contributed by atoms with E-state index in [0.29, 0.717) is 0 Å². The van der Waals surface area contributed by atoms with Crippen LogP contribution in [0.15, 0.2) is 18.7 Å². The van der Waals surface area contributed by atoms with Crippen molar-refractivity contribution < 1.29 is 4.74 Å². The maximum atomic E-state index is 6.20. The lowest BCUT2D eigenvalue weighted by atomic mass is 10.0. The van der Waals surface area contributed by atoms with Gasteiger partial charge in [0.05, 0.1) is 12.9 Å². The lowest BCUT2D eigenvalue weighted by Crippen LogP contribution is -2.41. The van der Waals surface area contributed by atoms with E-state index >= 15 is 0 Å². The number of rotatable bonds is 6. The molecule has 0 unspecified atom stereocenters. The van der Waals surface area contributed by atoms with Crippen LogP contribution in [0.3, 0.4) is 0 Å². The Morgan fingerprint density at radius 3 is 2.88 bits per heavy atom. The zero-order valence-corrected chi connectivity index (χ0v) is 9.77. The number of aryl methyl sites for hydroxylation is 1. The highest BCUT2D eigenvalue weighted by Gasteiger charge is 2.29. The van der Waals surface area contributed by atoms with Crippen LogP contribution in [-0.2, 0) is 11.3 Å². The third-order valence-corrected chi connectivity index (χ3v) is 3.25. The largest absolute Gasteiger partial charge is 0.379 e. The van der Waals surface area contributed by atoms with E-state index in [0.717, 1.165) is 39.0 Å². The second kappa shape index (κ2) is 5.46. The number of ether oxygens (including phenoxy) is 1. The second-order valence-corrected chi connectivity index (χ2v) is 4.78. The molecule has 0 aliphatic heterocycles. The van der Waals surface area contributed by atoms with Gasteiger partial charge < -0.3 is 15.0 Å². The van der Waals surface area contributed by atoms with Crippen LogP contribution in [0.25, 0.3) is 0 Å². The number of nitrogens with two attached hydrogens (primary N) is 1. The topological polar surface area (TPSA) is 53.1 Å². The van der Waals surface area contributed by atoms with Crippen LogP contribution in [0.4, 0.5) is 0 Å². The molecule has 1 aliphatic carbocycles. The van der Waals surface area contributed by atoms with Crippen molar-refractivity contribution in [1.29, 1.82) is 0 Å². The highest BCUT2D eigenvalue weighted by molar-refractivity contribution is 4.88. The summed E-state index contributed by atoms with van der Waals surface area (Å²) in [5, 5.41) is 0. The second-order valence-electron chi connectivity index (χ2n) is 4.78. The summed E-state index contributed by atoms with van der Waals surface area (Å²) in [7, 11) is 0. The van der Waals surface area contributed by atoms with Crippen molar-refractivity contribution in [3.05, 3.63) is 18.7 Å². The van der Waals surface area contributed by atoms with Crippen LogP contribution >= 0.6 is 0 Å². The summed E-state index contributed by atoms with van der Waals surface area (Å²) >= 11 is 0. The van der Waals surface area contributed by atoms with Crippen LogP contribution < -0.4 is 5.73 Å². The molecule has 0 amide bonds. The van der Waals surface area contributed by atoms with Gasteiger partial charge in [-0.1, -0.05) is 12.8 Å². The van der Waals surface area contributed by atoms with Crippen molar-refractivity contribution >= 4 is 0 Å². The first kappa shape index (κ1) is 11.6. The van der Waals surface area contributed by atoms with Crippen LogP contribution in [-0.4, -0.2) is 28.3 Å². The lowest BCUT2D eigenvalue weighted by molar-refractivity contribution is 0.0830. The third kappa shape index (κ3) is 3.32. The molecule has 1 aromatic rings. The normalized spacial score (nSPS) is 19.1. The summed E-state index contributed by atoms with van der Waals surface area (Å²) in [6.45, 7) is 2.48. The van der Waals surface area contributed by atoms with Crippen molar-refractivity contribution in [1.82, 2.24) is 9.55 Å². The summed E-state index contributed by atoms with van der Waals surface area (Å²) in [6, 6.07) is 0. The van der Waals surface area contributed by atoms with Gasteiger partial charge in [0.15, 0.2) is 0 Å². The molecular formula is C12H21N3O. The first-order valence-electron chi connectivity index (χ1n) is 6.11. The molecule has 1 saturated carbocycles. The SMILES string of the molecule is NC1(COCCCn2ccnc2)CCCC1. The summed E-state index contributed by atoms with van der Waals surface area (Å²) in [4.78, 5) is 4.00. The quantitative estimate of drug-likeness (QED) is 0.745. The maximum Gasteiger partial charge on any atom is 0.0945 e. The molecule has 1 fully saturated rings. The highest BCUT2D eigenvalue weighted by Crippen LogP contribution is 2.27. The van der Waals surface area contributed by atoms with E-state index in [1.807, 2.05) is 12.5 Å². The number of imidazole rings is 1.